The second-order valence-electron chi connectivity index (χ2n) is 3.95. The van der Waals surface area contributed by atoms with Crippen molar-refractivity contribution in [2.75, 3.05) is 18.9 Å². The molecule has 0 aromatic carbocycles. The molecule has 2 heterocycles. The number of likely N-dealkylation sites (N-methyl/N-ethyl adjacent to an activating group) is 1. The summed E-state index contributed by atoms with van der Waals surface area (Å²) in [6.07, 6.45) is 2.16. The molecule has 1 aliphatic heterocycles. The number of carbonyl (C=O) groups excluding carboxylic acids is 1. The number of pyridine rings is 1. The molecule has 90 valence electrons. The van der Waals surface area contributed by atoms with Gasteiger partial charge in [0.25, 0.3) is 0 Å². The Morgan fingerprint density at radius 3 is 3.00 bits per heavy atom. The number of carboxylic acids is 1. The summed E-state index contributed by atoms with van der Waals surface area (Å²) in [5, 5.41) is 11.9. The summed E-state index contributed by atoms with van der Waals surface area (Å²) in [7, 11) is 1.72. The Morgan fingerprint density at radius 2 is 2.41 bits per heavy atom. The Kier molecular flexibility index (Phi) is 2.95. The normalized spacial score (nSPS) is 19.5. The molecule has 1 fully saturated rings. The van der Waals surface area contributed by atoms with Crippen molar-refractivity contribution in [1.82, 2.24) is 9.88 Å². The van der Waals surface area contributed by atoms with Gasteiger partial charge in [0.05, 0.1) is 0 Å². The van der Waals surface area contributed by atoms with Crippen molar-refractivity contribution in [2.24, 2.45) is 0 Å². The third-order valence-electron chi connectivity index (χ3n) is 2.78. The summed E-state index contributed by atoms with van der Waals surface area (Å²) in [6.45, 7) is 0.672. The van der Waals surface area contributed by atoms with E-state index in [-0.39, 0.29) is 23.3 Å². The lowest BCUT2D eigenvalue weighted by molar-refractivity contribution is -0.127. The van der Waals surface area contributed by atoms with Gasteiger partial charge in [-0.25, -0.2) is 9.78 Å². The van der Waals surface area contributed by atoms with Crippen LogP contribution >= 0.6 is 0 Å². The number of rotatable bonds is 3. The minimum atomic E-state index is -1.06. The minimum Gasteiger partial charge on any atom is -0.478 e. The largest absolute Gasteiger partial charge is 0.478 e. The van der Waals surface area contributed by atoms with Gasteiger partial charge < -0.3 is 15.3 Å². The highest BCUT2D eigenvalue weighted by molar-refractivity contribution is 5.94. The summed E-state index contributed by atoms with van der Waals surface area (Å²) in [6, 6.07) is 2.63. The van der Waals surface area contributed by atoms with Crippen LogP contribution in [0.25, 0.3) is 0 Å². The molecule has 1 unspecified atom stereocenters. The fourth-order valence-corrected chi connectivity index (χ4v) is 1.81. The maximum Gasteiger partial charge on any atom is 0.339 e. The molecule has 0 radical (unpaired) electrons. The molecule has 2 N–H and O–H groups in total. The average Bonchev–Trinajstić information content (AvgIpc) is 2.61. The van der Waals surface area contributed by atoms with Crippen molar-refractivity contribution in [3.05, 3.63) is 23.9 Å². The zero-order valence-electron chi connectivity index (χ0n) is 9.38. The summed E-state index contributed by atoms with van der Waals surface area (Å²) in [5.41, 5.74) is 0.0786. The predicted molar refractivity (Wildman–Crippen MR) is 60.9 cm³/mol. The number of carbonyl (C=O) groups is 2. The number of likely N-dealkylation sites (tertiary alicyclic amines) is 1. The molecule has 1 saturated heterocycles. The van der Waals surface area contributed by atoms with Gasteiger partial charge in [-0.2, -0.15) is 0 Å². The summed E-state index contributed by atoms with van der Waals surface area (Å²) >= 11 is 0. The van der Waals surface area contributed by atoms with Gasteiger partial charge in [0, 0.05) is 19.8 Å². The summed E-state index contributed by atoms with van der Waals surface area (Å²) in [5.74, 6) is -0.847. The quantitative estimate of drug-likeness (QED) is 0.793. The number of hydrogen-bond donors (Lipinski definition) is 2. The van der Waals surface area contributed by atoms with Crippen molar-refractivity contribution in [2.45, 2.75) is 12.5 Å². The maximum atomic E-state index is 11.7. The zero-order chi connectivity index (χ0) is 12.4. The number of aromatic nitrogens is 1. The number of amides is 1. The fraction of sp³-hybridized carbons (Fsp3) is 0.364. The van der Waals surface area contributed by atoms with E-state index < -0.39 is 5.97 Å². The molecule has 1 amide bonds. The van der Waals surface area contributed by atoms with E-state index in [1.54, 1.807) is 18.0 Å². The van der Waals surface area contributed by atoms with Gasteiger partial charge in [0.15, 0.2) is 0 Å². The first-order valence-electron chi connectivity index (χ1n) is 5.29. The smallest absolute Gasteiger partial charge is 0.339 e. The Bertz CT molecular complexity index is 461. The lowest BCUT2D eigenvalue weighted by atomic mass is 10.2. The van der Waals surface area contributed by atoms with Gasteiger partial charge in [-0.1, -0.05) is 0 Å². The van der Waals surface area contributed by atoms with E-state index in [4.69, 9.17) is 5.11 Å². The maximum absolute atomic E-state index is 11.7. The van der Waals surface area contributed by atoms with Crippen LogP contribution in [-0.4, -0.2) is 46.5 Å². The van der Waals surface area contributed by atoms with E-state index >= 15 is 0 Å². The highest BCUT2D eigenvalue weighted by Gasteiger charge is 2.30. The van der Waals surface area contributed by atoms with Gasteiger partial charge >= 0.3 is 5.97 Å². The van der Waals surface area contributed by atoms with Crippen LogP contribution in [0.4, 0.5) is 5.82 Å². The molecule has 1 aromatic heterocycles. The Labute approximate surface area is 98.3 Å². The molecule has 2 rings (SSSR count). The first kappa shape index (κ1) is 11.4. The summed E-state index contributed by atoms with van der Waals surface area (Å²) < 4.78 is 0. The zero-order valence-corrected chi connectivity index (χ0v) is 9.38. The highest BCUT2D eigenvalue weighted by atomic mass is 16.4. The van der Waals surface area contributed by atoms with Gasteiger partial charge in [-0.15, -0.1) is 0 Å². The van der Waals surface area contributed by atoms with E-state index in [2.05, 4.69) is 10.3 Å². The van der Waals surface area contributed by atoms with Gasteiger partial charge in [-0.05, 0) is 18.6 Å². The molecule has 1 aliphatic rings. The van der Waals surface area contributed by atoms with Gasteiger partial charge in [0.2, 0.25) is 5.91 Å². The number of nitrogens with zero attached hydrogens (tertiary/aromatic N) is 2. The Morgan fingerprint density at radius 1 is 1.65 bits per heavy atom. The molecule has 6 heteroatoms. The average molecular weight is 235 g/mol. The number of hydrogen-bond acceptors (Lipinski definition) is 4. The molecule has 0 saturated carbocycles. The standard InChI is InChI=1S/C11H13N3O3/c1-14-6-4-8(10(14)15)13-9-7(11(16)17)3-2-5-12-9/h2-3,5,8H,4,6H2,1H3,(H,12,13)(H,16,17). The lowest BCUT2D eigenvalue weighted by Crippen LogP contribution is -2.31. The van der Waals surface area contributed by atoms with Crippen LogP contribution in [0.1, 0.15) is 16.8 Å². The number of carboxylic acid groups (broad SMARTS) is 1. The molecule has 17 heavy (non-hydrogen) atoms. The van der Waals surface area contributed by atoms with Crippen molar-refractivity contribution >= 4 is 17.7 Å². The SMILES string of the molecule is CN1CCC(Nc2ncccc2C(=O)O)C1=O. The fourth-order valence-electron chi connectivity index (χ4n) is 1.81. The third-order valence-corrected chi connectivity index (χ3v) is 2.78. The second kappa shape index (κ2) is 4.40. The van der Waals surface area contributed by atoms with Crippen molar-refractivity contribution in [3.8, 4) is 0 Å². The topological polar surface area (TPSA) is 82.5 Å². The molecule has 0 aliphatic carbocycles. The van der Waals surface area contributed by atoms with Crippen LogP contribution in [0.3, 0.4) is 0 Å². The molecule has 0 spiro atoms. The van der Waals surface area contributed by atoms with Gasteiger partial charge in [0.1, 0.15) is 17.4 Å². The summed E-state index contributed by atoms with van der Waals surface area (Å²) in [4.78, 5) is 28.2. The third kappa shape index (κ3) is 2.20. The molecule has 6 nitrogen and oxygen atoms in total. The Hall–Kier alpha value is -2.11. The Balaban J connectivity index is 2.19. The van der Waals surface area contributed by atoms with E-state index in [1.165, 1.54) is 12.3 Å². The van der Waals surface area contributed by atoms with Crippen LogP contribution in [0.15, 0.2) is 18.3 Å². The van der Waals surface area contributed by atoms with Crippen molar-refractivity contribution in [1.29, 1.82) is 0 Å². The minimum absolute atomic E-state index is 0.0352. The number of aromatic carboxylic acids is 1. The predicted octanol–water partition coefficient (Wildman–Crippen LogP) is 0.422. The molecular weight excluding hydrogens is 222 g/mol. The van der Waals surface area contributed by atoms with Crippen LogP contribution in [-0.2, 0) is 4.79 Å². The van der Waals surface area contributed by atoms with E-state index in [0.717, 1.165) is 0 Å². The first-order chi connectivity index (χ1) is 8.09. The number of nitrogens with one attached hydrogen (secondary N) is 1. The van der Waals surface area contributed by atoms with E-state index in [1.807, 2.05) is 0 Å². The first-order valence-corrected chi connectivity index (χ1v) is 5.29. The van der Waals surface area contributed by atoms with Crippen LogP contribution in [0.2, 0.25) is 0 Å². The van der Waals surface area contributed by atoms with E-state index in [9.17, 15) is 9.59 Å². The molecule has 1 aromatic rings. The monoisotopic (exact) mass is 235 g/mol. The lowest BCUT2D eigenvalue weighted by Gasteiger charge is -2.13. The second-order valence-corrected chi connectivity index (χ2v) is 3.95. The van der Waals surface area contributed by atoms with Crippen LogP contribution in [0, 0.1) is 0 Å². The molecule has 0 bridgehead atoms. The van der Waals surface area contributed by atoms with Crippen LogP contribution in [0.5, 0.6) is 0 Å². The number of anilines is 1. The van der Waals surface area contributed by atoms with Crippen molar-refractivity contribution < 1.29 is 14.7 Å². The highest BCUT2D eigenvalue weighted by Crippen LogP contribution is 2.17. The molecular formula is C11H13N3O3. The van der Waals surface area contributed by atoms with Gasteiger partial charge in [-0.3, -0.25) is 4.79 Å². The van der Waals surface area contributed by atoms with Crippen LogP contribution < -0.4 is 5.32 Å². The molecule has 1 atom stereocenters. The van der Waals surface area contributed by atoms with Crippen molar-refractivity contribution in [3.63, 3.8) is 0 Å². The van der Waals surface area contributed by atoms with E-state index in [0.29, 0.717) is 13.0 Å².